The van der Waals surface area contributed by atoms with Crippen LogP contribution in [0.5, 0.6) is 0 Å². The van der Waals surface area contributed by atoms with E-state index in [0.29, 0.717) is 0 Å². The van der Waals surface area contributed by atoms with Gasteiger partial charge in [0.25, 0.3) is 0 Å². The Morgan fingerprint density at radius 1 is 0.224 bits per heavy atom. The van der Waals surface area contributed by atoms with Crippen molar-refractivity contribution in [1.29, 1.82) is 0 Å². The number of nitrogens with one attached hydrogen (secondary N) is 1. The zero-order valence-corrected chi connectivity index (χ0v) is 49.3. The van der Waals surface area contributed by atoms with E-state index in [1.807, 2.05) is 48.5 Å². The zero-order chi connectivity index (χ0) is 57.3. The molecule has 7 heteroatoms. The number of halogens is 2. The average Bonchev–Trinajstić information content (AvgIpc) is 2.47. The predicted molar refractivity (Wildman–Crippen MR) is 365 cm³/mol. The summed E-state index contributed by atoms with van der Waals surface area (Å²) < 4.78 is 14.3. The van der Waals surface area contributed by atoms with Crippen molar-refractivity contribution in [1.82, 2.24) is 0 Å². The van der Waals surface area contributed by atoms with E-state index in [1.54, 1.807) is 0 Å². The molecule has 0 fully saturated rings. The number of hydrogen-bond acceptors (Lipinski definition) is 5. The number of hydrogen-bond donors (Lipinski definition) is 1. The fourth-order valence-corrected chi connectivity index (χ4v) is 11.5. The van der Waals surface area contributed by atoms with E-state index in [9.17, 15) is 0 Å². The number of benzene rings is 13. The molecule has 0 amide bonds. The van der Waals surface area contributed by atoms with Crippen LogP contribution in [0.15, 0.2) is 345 Å². The Bertz CT molecular complexity index is 4420. The lowest BCUT2D eigenvalue weighted by Gasteiger charge is -2.26. The Morgan fingerprint density at radius 3 is 0.847 bits per heavy atom. The van der Waals surface area contributed by atoms with E-state index < -0.39 is 0 Å². The van der Waals surface area contributed by atoms with Crippen LogP contribution in [0.3, 0.4) is 0 Å². The first-order valence-corrected chi connectivity index (χ1v) is 29.8. The molecular formula is C78H55Br2N3O2. The van der Waals surface area contributed by atoms with Gasteiger partial charge in [-0.2, -0.15) is 0 Å². The normalized spacial score (nSPS) is 10.9. The van der Waals surface area contributed by atoms with Gasteiger partial charge >= 0.3 is 0 Å². The molecule has 5 nitrogen and oxygen atoms in total. The summed E-state index contributed by atoms with van der Waals surface area (Å²) in [6.45, 7) is 0. The minimum atomic E-state index is 0.858. The first-order valence-electron chi connectivity index (χ1n) is 28.2. The fourth-order valence-electron chi connectivity index (χ4n) is 10.7. The van der Waals surface area contributed by atoms with Gasteiger partial charge in [-0.1, -0.05) is 214 Å². The van der Waals surface area contributed by atoms with E-state index >= 15 is 0 Å². The minimum Gasteiger partial charge on any atom is -0.456 e. The molecule has 15 aromatic rings. The van der Waals surface area contributed by atoms with Crippen molar-refractivity contribution in [3.05, 3.63) is 337 Å². The van der Waals surface area contributed by atoms with Gasteiger partial charge in [0.05, 0.1) is 0 Å². The Kier molecular flexibility index (Phi) is 16.0. The van der Waals surface area contributed by atoms with Crippen molar-refractivity contribution < 1.29 is 8.83 Å². The number of para-hydroxylation sites is 3. The molecule has 15 rings (SSSR count). The Hall–Kier alpha value is -10.2. The summed E-state index contributed by atoms with van der Waals surface area (Å²) in [7, 11) is 0. The molecule has 2 aromatic heterocycles. The maximum atomic E-state index is 6.44. The second-order valence-electron chi connectivity index (χ2n) is 20.4. The highest BCUT2D eigenvalue weighted by atomic mass is 79.9. The minimum absolute atomic E-state index is 0.858. The monoisotopic (exact) mass is 1220 g/mol. The quantitative estimate of drug-likeness (QED) is 0.140. The molecule has 0 radical (unpaired) electrons. The standard InChI is InChI=1S/C48H34N2O.C18H15N.C12H6Br2O/c1-5-13-35(14-6-1)37-21-25-41(26-22-37)49(39-17-9-3-10-18-39)43-29-31-47-45(33-43)46-34-44(30-32-48(46)51-47)50(40-19-11-4-12-20-40)42-27-23-38(24-28-42)36-15-7-2-8-16-36;1-3-7-15(8-4-1)16-11-13-18(14-12-16)19-17-9-5-2-6-10-17;13-7-1-3-11-9(5-7)10-6-8(14)2-4-12(10)15-11/h1-34H;1-14,19H;1-6H. The summed E-state index contributed by atoms with van der Waals surface area (Å²) in [6, 6.07) is 114. The molecule has 0 spiro atoms. The molecule has 0 saturated heterocycles. The fraction of sp³-hybridized carbons (Fsp3) is 0. The Morgan fingerprint density at radius 2 is 0.482 bits per heavy atom. The van der Waals surface area contributed by atoms with E-state index in [4.69, 9.17) is 8.83 Å². The summed E-state index contributed by atoms with van der Waals surface area (Å²) in [5.74, 6) is 0. The second kappa shape index (κ2) is 25.1. The van der Waals surface area contributed by atoms with Crippen molar-refractivity contribution in [3.63, 3.8) is 0 Å². The molecule has 0 unspecified atom stereocenters. The van der Waals surface area contributed by atoms with E-state index in [-0.39, 0.29) is 0 Å². The van der Waals surface area contributed by atoms with Crippen LogP contribution in [-0.2, 0) is 0 Å². The van der Waals surface area contributed by atoms with Gasteiger partial charge in [0.1, 0.15) is 22.3 Å². The summed E-state index contributed by atoms with van der Waals surface area (Å²) >= 11 is 6.94. The summed E-state index contributed by atoms with van der Waals surface area (Å²) in [5, 5.41) is 7.80. The van der Waals surface area contributed by atoms with Gasteiger partial charge in [-0.15, -0.1) is 0 Å². The summed E-state index contributed by atoms with van der Waals surface area (Å²) in [5.41, 5.74) is 19.5. The maximum absolute atomic E-state index is 6.44. The highest BCUT2D eigenvalue weighted by Crippen LogP contribution is 2.43. The van der Waals surface area contributed by atoms with Crippen LogP contribution in [0.1, 0.15) is 0 Å². The van der Waals surface area contributed by atoms with Crippen molar-refractivity contribution in [3.8, 4) is 33.4 Å². The SMILES string of the molecule is Brc1ccc2oc3ccc(Br)cc3c2c1.c1ccc(-c2ccc(N(c3ccccc3)c3ccc4oc5ccc(N(c6ccccc6)c6ccc(-c7ccccc7)cc6)cc5c4c3)cc2)cc1.c1ccc(Nc2ccc(-c3ccccc3)cc2)cc1. The van der Waals surface area contributed by atoms with Crippen molar-refractivity contribution in [2.75, 3.05) is 15.1 Å². The van der Waals surface area contributed by atoms with Gasteiger partial charge in [0.2, 0.25) is 0 Å². The third-order valence-electron chi connectivity index (χ3n) is 14.9. The zero-order valence-electron chi connectivity index (χ0n) is 46.1. The van der Waals surface area contributed by atoms with Gasteiger partial charge in [0.15, 0.2) is 0 Å². The third kappa shape index (κ3) is 12.3. The number of nitrogens with zero attached hydrogens (tertiary/aromatic N) is 2. The lowest BCUT2D eigenvalue weighted by atomic mass is 10.0. The molecule has 0 aliphatic rings. The van der Waals surface area contributed by atoms with Crippen molar-refractivity contribution in [2.24, 2.45) is 0 Å². The first-order chi connectivity index (χ1) is 41.9. The van der Waals surface area contributed by atoms with E-state index in [0.717, 1.165) is 98.3 Å². The van der Waals surface area contributed by atoms with E-state index in [1.165, 1.54) is 33.4 Å². The number of rotatable bonds is 11. The third-order valence-corrected chi connectivity index (χ3v) is 15.9. The van der Waals surface area contributed by atoms with Crippen molar-refractivity contribution >= 4 is 121 Å². The molecule has 408 valence electrons. The van der Waals surface area contributed by atoms with Gasteiger partial charge < -0.3 is 24.0 Å². The Labute approximate surface area is 511 Å². The van der Waals surface area contributed by atoms with Crippen LogP contribution in [0.25, 0.3) is 77.3 Å². The van der Waals surface area contributed by atoms with Gasteiger partial charge in [-0.25, -0.2) is 0 Å². The molecule has 0 aliphatic heterocycles. The van der Waals surface area contributed by atoms with Crippen molar-refractivity contribution in [2.45, 2.75) is 0 Å². The van der Waals surface area contributed by atoms with Gasteiger partial charge in [0, 0.05) is 76.0 Å². The molecule has 13 aromatic carbocycles. The van der Waals surface area contributed by atoms with Crippen LogP contribution < -0.4 is 15.1 Å². The number of anilines is 8. The highest BCUT2D eigenvalue weighted by molar-refractivity contribution is 9.10. The predicted octanol–water partition coefficient (Wildman–Crippen LogP) is 24.1. The van der Waals surface area contributed by atoms with Crippen LogP contribution in [-0.4, -0.2) is 0 Å². The second-order valence-corrected chi connectivity index (χ2v) is 22.3. The Balaban J connectivity index is 0.000000159. The van der Waals surface area contributed by atoms with Gasteiger partial charge in [-0.05, 0) is 179 Å². The number of fused-ring (bicyclic) bond motifs is 6. The molecule has 0 saturated carbocycles. The average molecular weight is 1230 g/mol. The van der Waals surface area contributed by atoms with E-state index in [2.05, 4.69) is 326 Å². The molecular weight excluding hydrogens is 1170 g/mol. The smallest absolute Gasteiger partial charge is 0.135 e. The van der Waals surface area contributed by atoms with Crippen LogP contribution in [0.4, 0.5) is 45.5 Å². The maximum Gasteiger partial charge on any atom is 0.135 e. The topological polar surface area (TPSA) is 44.8 Å². The molecule has 1 N–H and O–H groups in total. The van der Waals surface area contributed by atoms with Crippen LogP contribution >= 0.6 is 31.9 Å². The molecule has 85 heavy (non-hydrogen) atoms. The summed E-state index contributed by atoms with van der Waals surface area (Å²) in [6.07, 6.45) is 0. The largest absolute Gasteiger partial charge is 0.456 e. The van der Waals surface area contributed by atoms with Gasteiger partial charge in [-0.3, -0.25) is 0 Å². The first kappa shape index (κ1) is 54.1. The highest BCUT2D eigenvalue weighted by Gasteiger charge is 2.19. The van der Waals surface area contributed by atoms with Crippen LogP contribution in [0, 0.1) is 0 Å². The molecule has 2 heterocycles. The summed E-state index contributed by atoms with van der Waals surface area (Å²) in [4.78, 5) is 4.61. The molecule has 0 atom stereocenters. The molecule has 0 bridgehead atoms. The number of furan rings is 2. The lowest BCUT2D eigenvalue weighted by Crippen LogP contribution is -2.10. The van der Waals surface area contributed by atoms with Crippen LogP contribution in [0.2, 0.25) is 0 Å². The lowest BCUT2D eigenvalue weighted by molar-refractivity contribution is 0.668. The molecule has 0 aliphatic carbocycles.